The van der Waals surface area contributed by atoms with Crippen LogP contribution in [-0.4, -0.2) is 24.3 Å². The molecule has 1 N–H and O–H groups in total. The maximum Gasteiger partial charge on any atom is 0.306 e. The number of benzene rings is 1. The Morgan fingerprint density at radius 3 is 2.61 bits per heavy atom. The van der Waals surface area contributed by atoms with Crippen LogP contribution in [0.4, 0.5) is 5.69 Å². The van der Waals surface area contributed by atoms with Crippen molar-refractivity contribution in [2.75, 3.05) is 11.9 Å². The van der Waals surface area contributed by atoms with Crippen molar-refractivity contribution in [2.24, 2.45) is 0 Å². The van der Waals surface area contributed by atoms with Crippen LogP contribution in [0.25, 0.3) is 0 Å². The number of carbonyl (C=O) groups excluding carboxylic acids is 3. The zero-order valence-electron chi connectivity index (χ0n) is 12.7. The number of ketones is 1. The largest absolute Gasteiger partial charge is 0.469 e. The highest BCUT2D eigenvalue weighted by atomic mass is 16.5. The molecule has 0 aliphatic rings. The van der Waals surface area contributed by atoms with Crippen molar-refractivity contribution < 1.29 is 23.5 Å². The van der Waals surface area contributed by atoms with Gasteiger partial charge in [0.15, 0.2) is 12.4 Å². The number of Topliss-reactive ketones (excluding diaryl/α,β-unsaturated/α-hetero) is 1. The van der Waals surface area contributed by atoms with E-state index in [1.807, 2.05) is 0 Å². The van der Waals surface area contributed by atoms with Gasteiger partial charge in [0.25, 0.3) is 5.91 Å². The number of esters is 1. The number of hydrogen-bond donors (Lipinski definition) is 1. The van der Waals surface area contributed by atoms with Gasteiger partial charge in [0, 0.05) is 12.0 Å². The Morgan fingerprint density at radius 2 is 1.91 bits per heavy atom. The average Bonchev–Trinajstić information content (AvgIpc) is 3.04. The number of carbonyl (C=O) groups is 3. The molecule has 120 valence electrons. The Bertz CT molecular complexity index is 691. The molecule has 0 spiro atoms. The molecule has 0 saturated heterocycles. The van der Waals surface area contributed by atoms with Gasteiger partial charge < -0.3 is 14.5 Å². The first-order valence-corrected chi connectivity index (χ1v) is 7.14. The SMILES string of the molecule is CC(=O)c1ccccc1NC(=O)COC(=O)CCc1ccco1. The molecule has 6 nitrogen and oxygen atoms in total. The number of ether oxygens (including phenoxy) is 1. The van der Waals surface area contributed by atoms with Gasteiger partial charge in [0.1, 0.15) is 5.76 Å². The van der Waals surface area contributed by atoms with Crippen LogP contribution in [0.15, 0.2) is 47.1 Å². The Balaban J connectivity index is 1.79. The zero-order valence-corrected chi connectivity index (χ0v) is 12.7. The molecule has 0 bridgehead atoms. The third kappa shape index (κ3) is 5.10. The van der Waals surface area contributed by atoms with Crippen molar-refractivity contribution in [1.82, 2.24) is 0 Å². The molecule has 0 radical (unpaired) electrons. The quantitative estimate of drug-likeness (QED) is 0.627. The molecule has 2 rings (SSSR count). The second kappa shape index (κ2) is 7.93. The van der Waals surface area contributed by atoms with Crippen LogP contribution < -0.4 is 5.32 Å². The number of para-hydroxylation sites is 1. The highest BCUT2D eigenvalue weighted by Gasteiger charge is 2.12. The van der Waals surface area contributed by atoms with E-state index in [1.165, 1.54) is 13.2 Å². The van der Waals surface area contributed by atoms with E-state index in [2.05, 4.69) is 5.32 Å². The fourth-order valence-electron chi connectivity index (χ4n) is 1.98. The van der Waals surface area contributed by atoms with Crippen LogP contribution in [0.1, 0.15) is 29.5 Å². The van der Waals surface area contributed by atoms with E-state index in [9.17, 15) is 14.4 Å². The molecule has 0 atom stereocenters. The van der Waals surface area contributed by atoms with Gasteiger partial charge in [-0.05, 0) is 31.2 Å². The lowest BCUT2D eigenvalue weighted by atomic mass is 10.1. The van der Waals surface area contributed by atoms with Crippen LogP contribution in [0.5, 0.6) is 0 Å². The Morgan fingerprint density at radius 1 is 1.13 bits per heavy atom. The monoisotopic (exact) mass is 315 g/mol. The summed E-state index contributed by atoms with van der Waals surface area (Å²) in [6.45, 7) is 1.02. The van der Waals surface area contributed by atoms with Gasteiger partial charge in [-0.25, -0.2) is 0 Å². The molecule has 1 heterocycles. The molecule has 0 unspecified atom stereocenters. The first-order chi connectivity index (χ1) is 11.1. The standard InChI is InChI=1S/C17H17NO5/c1-12(19)14-6-2-3-7-15(14)18-16(20)11-23-17(21)9-8-13-5-4-10-22-13/h2-7,10H,8-9,11H2,1H3,(H,18,20). The number of amides is 1. The maximum atomic E-state index is 11.8. The third-order valence-electron chi connectivity index (χ3n) is 3.10. The molecular weight excluding hydrogens is 298 g/mol. The van der Waals surface area contributed by atoms with Gasteiger partial charge in [0.2, 0.25) is 0 Å². The lowest BCUT2D eigenvalue weighted by Gasteiger charge is -2.09. The van der Waals surface area contributed by atoms with Crippen molar-refractivity contribution in [1.29, 1.82) is 0 Å². The molecule has 23 heavy (non-hydrogen) atoms. The normalized spacial score (nSPS) is 10.1. The molecule has 0 aliphatic carbocycles. The van der Waals surface area contributed by atoms with Gasteiger partial charge in [-0.1, -0.05) is 12.1 Å². The molecule has 6 heteroatoms. The predicted molar refractivity (Wildman–Crippen MR) is 83.1 cm³/mol. The number of anilines is 1. The fraction of sp³-hybridized carbons (Fsp3) is 0.235. The van der Waals surface area contributed by atoms with Gasteiger partial charge in [0.05, 0.1) is 18.4 Å². The highest BCUT2D eigenvalue weighted by Crippen LogP contribution is 2.15. The molecule has 0 saturated carbocycles. The van der Waals surface area contributed by atoms with Gasteiger partial charge in [-0.3, -0.25) is 14.4 Å². The summed E-state index contributed by atoms with van der Waals surface area (Å²) in [5.74, 6) is -0.459. The van der Waals surface area contributed by atoms with Crippen LogP contribution in [0, 0.1) is 0 Å². The van der Waals surface area contributed by atoms with E-state index in [4.69, 9.17) is 9.15 Å². The van der Waals surface area contributed by atoms with E-state index in [0.717, 1.165) is 0 Å². The van der Waals surface area contributed by atoms with E-state index in [0.29, 0.717) is 23.4 Å². The smallest absolute Gasteiger partial charge is 0.306 e. The van der Waals surface area contributed by atoms with Crippen molar-refractivity contribution in [2.45, 2.75) is 19.8 Å². The molecule has 0 aliphatic heterocycles. The molecule has 2 aromatic rings. The van der Waals surface area contributed by atoms with Crippen LogP contribution >= 0.6 is 0 Å². The summed E-state index contributed by atoms with van der Waals surface area (Å²) < 4.78 is 10.0. The number of hydrogen-bond acceptors (Lipinski definition) is 5. The average molecular weight is 315 g/mol. The summed E-state index contributed by atoms with van der Waals surface area (Å²) in [5.41, 5.74) is 0.807. The summed E-state index contributed by atoms with van der Waals surface area (Å²) in [5, 5.41) is 2.56. The Labute approximate surface area is 133 Å². The number of nitrogens with one attached hydrogen (secondary N) is 1. The summed E-state index contributed by atoms with van der Waals surface area (Å²) in [6.07, 6.45) is 2.08. The van der Waals surface area contributed by atoms with E-state index < -0.39 is 18.5 Å². The van der Waals surface area contributed by atoms with E-state index in [1.54, 1.807) is 36.4 Å². The number of aryl methyl sites for hydroxylation is 1. The van der Waals surface area contributed by atoms with Crippen molar-refractivity contribution in [3.8, 4) is 0 Å². The maximum absolute atomic E-state index is 11.8. The van der Waals surface area contributed by atoms with Crippen LogP contribution in [0.3, 0.4) is 0 Å². The van der Waals surface area contributed by atoms with E-state index in [-0.39, 0.29) is 12.2 Å². The lowest BCUT2D eigenvalue weighted by Crippen LogP contribution is -2.22. The number of furan rings is 1. The summed E-state index contributed by atoms with van der Waals surface area (Å²) in [7, 11) is 0. The summed E-state index contributed by atoms with van der Waals surface area (Å²) >= 11 is 0. The highest BCUT2D eigenvalue weighted by molar-refractivity contribution is 6.04. The second-order valence-electron chi connectivity index (χ2n) is 4.89. The first-order valence-electron chi connectivity index (χ1n) is 7.14. The number of rotatable bonds is 7. The Kier molecular flexibility index (Phi) is 5.68. The summed E-state index contributed by atoms with van der Waals surface area (Å²) in [4.78, 5) is 34.8. The van der Waals surface area contributed by atoms with Crippen LogP contribution in [0.2, 0.25) is 0 Å². The molecule has 1 aromatic carbocycles. The van der Waals surface area contributed by atoms with Crippen molar-refractivity contribution in [3.63, 3.8) is 0 Å². The first kappa shape index (κ1) is 16.5. The minimum atomic E-state index is -0.495. The van der Waals surface area contributed by atoms with Crippen molar-refractivity contribution >= 4 is 23.3 Å². The van der Waals surface area contributed by atoms with Crippen LogP contribution in [-0.2, 0) is 20.7 Å². The zero-order chi connectivity index (χ0) is 16.7. The summed E-state index contributed by atoms with van der Waals surface area (Å²) in [6, 6.07) is 10.2. The van der Waals surface area contributed by atoms with Crippen molar-refractivity contribution in [3.05, 3.63) is 54.0 Å². The van der Waals surface area contributed by atoms with Gasteiger partial charge in [-0.15, -0.1) is 0 Å². The Hall–Kier alpha value is -2.89. The molecular formula is C17H17NO5. The molecule has 0 fully saturated rings. The minimum Gasteiger partial charge on any atom is -0.469 e. The predicted octanol–water partition coefficient (Wildman–Crippen LogP) is 2.60. The topological polar surface area (TPSA) is 85.6 Å². The van der Waals surface area contributed by atoms with E-state index >= 15 is 0 Å². The second-order valence-corrected chi connectivity index (χ2v) is 4.89. The molecule has 1 amide bonds. The van der Waals surface area contributed by atoms with Gasteiger partial charge >= 0.3 is 5.97 Å². The lowest BCUT2D eigenvalue weighted by molar-refractivity contribution is -0.147. The third-order valence-corrected chi connectivity index (χ3v) is 3.10. The fourth-order valence-corrected chi connectivity index (χ4v) is 1.98. The minimum absolute atomic E-state index is 0.130. The molecule has 1 aromatic heterocycles. The van der Waals surface area contributed by atoms with Gasteiger partial charge in [-0.2, -0.15) is 0 Å².